The van der Waals surface area contributed by atoms with Crippen LogP contribution in [0.1, 0.15) is 37.5 Å². The predicted molar refractivity (Wildman–Crippen MR) is 90.6 cm³/mol. The molecule has 1 saturated heterocycles. The molecule has 0 unspecified atom stereocenters. The summed E-state index contributed by atoms with van der Waals surface area (Å²) in [5.74, 6) is 0.957. The van der Waals surface area contributed by atoms with Gasteiger partial charge in [0.1, 0.15) is 18.4 Å². The van der Waals surface area contributed by atoms with Gasteiger partial charge in [-0.05, 0) is 42.3 Å². The van der Waals surface area contributed by atoms with Gasteiger partial charge in [-0.2, -0.15) is 9.78 Å². The Morgan fingerprint density at radius 3 is 2.89 bits per heavy atom. The summed E-state index contributed by atoms with van der Waals surface area (Å²) < 4.78 is 18.3. The van der Waals surface area contributed by atoms with Crippen LogP contribution in [0.5, 0.6) is 0 Å². The fraction of sp³-hybridized carbons (Fsp3) is 0.412. The van der Waals surface area contributed by atoms with Gasteiger partial charge in [-0.3, -0.25) is 4.79 Å². The van der Waals surface area contributed by atoms with E-state index in [0.717, 1.165) is 12.8 Å². The van der Waals surface area contributed by atoms with Crippen LogP contribution in [0.15, 0.2) is 28.8 Å². The van der Waals surface area contributed by atoms with E-state index in [-0.39, 0.29) is 24.3 Å². The number of tetrazole rings is 1. The third-order valence-electron chi connectivity index (χ3n) is 4.49. The van der Waals surface area contributed by atoms with Gasteiger partial charge in [-0.25, -0.2) is 4.39 Å². The Morgan fingerprint density at radius 1 is 1.33 bits per heavy atom. The second kappa shape index (κ2) is 7.22. The van der Waals surface area contributed by atoms with Crippen LogP contribution in [0.3, 0.4) is 0 Å². The number of benzene rings is 1. The van der Waals surface area contributed by atoms with E-state index in [1.807, 2.05) is 6.92 Å². The number of likely N-dealkylation sites (tertiary alicyclic amines) is 1. The molecule has 1 aliphatic heterocycles. The Hall–Kier alpha value is -3.17. The van der Waals surface area contributed by atoms with Gasteiger partial charge in [0.25, 0.3) is 0 Å². The molecule has 140 valence electrons. The average Bonchev–Trinajstić information content (AvgIpc) is 3.42. The first-order chi connectivity index (χ1) is 13.1. The molecule has 9 nitrogen and oxygen atoms in total. The van der Waals surface area contributed by atoms with E-state index in [4.69, 9.17) is 4.52 Å². The number of nitrogens with zero attached hydrogens (tertiary/aromatic N) is 7. The van der Waals surface area contributed by atoms with Crippen molar-refractivity contribution in [3.63, 3.8) is 0 Å². The fourth-order valence-electron chi connectivity index (χ4n) is 3.10. The average molecular weight is 371 g/mol. The maximum absolute atomic E-state index is 13.0. The quantitative estimate of drug-likeness (QED) is 0.673. The zero-order valence-electron chi connectivity index (χ0n) is 14.7. The molecule has 4 rings (SSSR count). The fourth-order valence-corrected chi connectivity index (χ4v) is 3.10. The molecule has 2 aromatic heterocycles. The maximum atomic E-state index is 13.0. The molecule has 0 saturated carbocycles. The van der Waals surface area contributed by atoms with Crippen LogP contribution in [0.2, 0.25) is 0 Å². The van der Waals surface area contributed by atoms with Gasteiger partial charge in [-0.1, -0.05) is 12.1 Å². The molecule has 0 radical (unpaired) electrons. The standard InChI is InChI=1S/C17H18FN7O2/c1-2-14-19-17(27-22-14)13-4-3-9-24(13)15(26)10-25-21-16(20-23-25)11-5-7-12(18)8-6-11/h5-8,13H,2-4,9-10H2,1H3/t13-/m0/s1. The van der Waals surface area contributed by atoms with Crippen LogP contribution in [-0.4, -0.2) is 47.7 Å². The minimum Gasteiger partial charge on any atom is -0.337 e. The first-order valence-corrected chi connectivity index (χ1v) is 8.79. The molecule has 1 aromatic carbocycles. The lowest BCUT2D eigenvalue weighted by Gasteiger charge is -2.21. The van der Waals surface area contributed by atoms with Crippen LogP contribution >= 0.6 is 0 Å². The first kappa shape index (κ1) is 17.3. The normalized spacial score (nSPS) is 16.8. The maximum Gasteiger partial charge on any atom is 0.249 e. The summed E-state index contributed by atoms with van der Waals surface area (Å²) in [5, 5.41) is 16.0. The third-order valence-corrected chi connectivity index (χ3v) is 4.49. The Labute approximate surface area is 154 Å². The van der Waals surface area contributed by atoms with Crippen molar-refractivity contribution in [3.05, 3.63) is 41.8 Å². The van der Waals surface area contributed by atoms with Crippen LogP contribution in [0.4, 0.5) is 4.39 Å². The predicted octanol–water partition coefficient (Wildman–Crippen LogP) is 1.79. The van der Waals surface area contributed by atoms with Gasteiger partial charge < -0.3 is 9.42 Å². The lowest BCUT2D eigenvalue weighted by molar-refractivity contribution is -0.133. The van der Waals surface area contributed by atoms with Crippen molar-refractivity contribution in [2.24, 2.45) is 0 Å². The number of aromatic nitrogens is 6. The molecule has 3 aromatic rings. The van der Waals surface area contributed by atoms with Crippen molar-refractivity contribution in [2.75, 3.05) is 6.54 Å². The summed E-state index contributed by atoms with van der Waals surface area (Å²) in [5.41, 5.74) is 0.632. The van der Waals surface area contributed by atoms with E-state index in [0.29, 0.717) is 36.1 Å². The molecule has 1 amide bonds. The molecule has 10 heteroatoms. The minimum atomic E-state index is -0.339. The molecule has 27 heavy (non-hydrogen) atoms. The monoisotopic (exact) mass is 371 g/mol. The molecular weight excluding hydrogens is 353 g/mol. The highest BCUT2D eigenvalue weighted by Crippen LogP contribution is 2.31. The summed E-state index contributed by atoms with van der Waals surface area (Å²) in [6.45, 7) is 2.52. The van der Waals surface area contributed by atoms with E-state index < -0.39 is 0 Å². The van der Waals surface area contributed by atoms with Gasteiger partial charge in [0.05, 0.1) is 0 Å². The number of halogens is 1. The van der Waals surface area contributed by atoms with E-state index in [1.54, 1.807) is 17.0 Å². The second-order valence-corrected chi connectivity index (χ2v) is 6.30. The van der Waals surface area contributed by atoms with Gasteiger partial charge in [0, 0.05) is 18.5 Å². The molecule has 0 N–H and O–H groups in total. The zero-order valence-corrected chi connectivity index (χ0v) is 14.7. The Balaban J connectivity index is 1.46. The van der Waals surface area contributed by atoms with E-state index >= 15 is 0 Å². The smallest absolute Gasteiger partial charge is 0.249 e. The van der Waals surface area contributed by atoms with Gasteiger partial charge in [0.2, 0.25) is 17.6 Å². The van der Waals surface area contributed by atoms with Crippen molar-refractivity contribution in [1.82, 2.24) is 35.2 Å². The Kier molecular flexibility index (Phi) is 4.61. The van der Waals surface area contributed by atoms with Crippen molar-refractivity contribution in [2.45, 2.75) is 38.8 Å². The van der Waals surface area contributed by atoms with E-state index in [2.05, 4.69) is 25.6 Å². The topological polar surface area (TPSA) is 103 Å². The van der Waals surface area contributed by atoms with E-state index in [9.17, 15) is 9.18 Å². The number of hydrogen-bond donors (Lipinski definition) is 0. The minimum absolute atomic E-state index is 0.0422. The van der Waals surface area contributed by atoms with Crippen LogP contribution in [-0.2, 0) is 17.8 Å². The SMILES string of the molecule is CCc1noc([C@@H]2CCCN2C(=O)Cn2nnc(-c3ccc(F)cc3)n2)n1. The molecule has 1 atom stereocenters. The third kappa shape index (κ3) is 3.55. The molecule has 0 aliphatic carbocycles. The van der Waals surface area contributed by atoms with Crippen LogP contribution in [0.25, 0.3) is 11.4 Å². The summed E-state index contributed by atoms with van der Waals surface area (Å²) in [6.07, 6.45) is 2.33. The number of amides is 1. The van der Waals surface area contributed by atoms with Gasteiger partial charge >= 0.3 is 0 Å². The van der Waals surface area contributed by atoms with Crippen molar-refractivity contribution in [1.29, 1.82) is 0 Å². The highest BCUT2D eigenvalue weighted by molar-refractivity contribution is 5.76. The van der Waals surface area contributed by atoms with Crippen molar-refractivity contribution in [3.8, 4) is 11.4 Å². The van der Waals surface area contributed by atoms with Crippen molar-refractivity contribution < 1.29 is 13.7 Å². The molecule has 1 aliphatic rings. The zero-order chi connectivity index (χ0) is 18.8. The summed E-state index contributed by atoms with van der Waals surface area (Å²) in [6, 6.07) is 5.56. The number of carbonyl (C=O) groups is 1. The van der Waals surface area contributed by atoms with E-state index in [1.165, 1.54) is 16.9 Å². The van der Waals surface area contributed by atoms with Gasteiger partial charge in [0.15, 0.2) is 5.82 Å². The lowest BCUT2D eigenvalue weighted by Crippen LogP contribution is -2.34. The largest absolute Gasteiger partial charge is 0.337 e. The molecular formula is C17H18FN7O2. The number of rotatable bonds is 5. The van der Waals surface area contributed by atoms with Crippen LogP contribution in [0, 0.1) is 5.82 Å². The highest BCUT2D eigenvalue weighted by Gasteiger charge is 2.34. The summed E-state index contributed by atoms with van der Waals surface area (Å²) >= 11 is 0. The Bertz CT molecular complexity index is 937. The molecule has 1 fully saturated rings. The van der Waals surface area contributed by atoms with Crippen LogP contribution < -0.4 is 0 Å². The first-order valence-electron chi connectivity index (χ1n) is 8.79. The molecule has 0 bridgehead atoms. The highest BCUT2D eigenvalue weighted by atomic mass is 19.1. The van der Waals surface area contributed by atoms with Gasteiger partial charge in [-0.15, -0.1) is 10.2 Å². The Morgan fingerprint density at radius 2 is 2.15 bits per heavy atom. The summed E-state index contributed by atoms with van der Waals surface area (Å²) in [4.78, 5) is 20.0. The molecule has 0 spiro atoms. The number of aryl methyl sites for hydroxylation is 1. The number of hydrogen-bond acceptors (Lipinski definition) is 7. The lowest BCUT2D eigenvalue weighted by atomic mass is 10.2. The summed E-state index contributed by atoms with van der Waals surface area (Å²) in [7, 11) is 0. The number of carbonyl (C=O) groups excluding carboxylic acids is 1. The van der Waals surface area contributed by atoms with Crippen molar-refractivity contribution >= 4 is 5.91 Å². The molecule has 3 heterocycles. The second-order valence-electron chi connectivity index (χ2n) is 6.30.